The van der Waals surface area contributed by atoms with Gasteiger partial charge in [-0.25, -0.2) is 4.39 Å². The lowest BCUT2D eigenvalue weighted by atomic mass is 9.87. The van der Waals surface area contributed by atoms with Gasteiger partial charge >= 0.3 is 5.97 Å². The van der Waals surface area contributed by atoms with E-state index >= 15 is 0 Å². The summed E-state index contributed by atoms with van der Waals surface area (Å²) < 4.78 is 29.0. The fourth-order valence-corrected chi connectivity index (χ4v) is 2.65. The van der Waals surface area contributed by atoms with Crippen LogP contribution in [0.3, 0.4) is 0 Å². The van der Waals surface area contributed by atoms with Crippen molar-refractivity contribution in [1.82, 2.24) is 0 Å². The zero-order valence-electron chi connectivity index (χ0n) is 12.4. The van der Waals surface area contributed by atoms with Gasteiger partial charge in [0.1, 0.15) is 0 Å². The number of hydrogen-bond donors (Lipinski definition) is 0. The maximum atomic E-state index is 13.6. The highest BCUT2D eigenvalue weighted by Crippen LogP contribution is 2.28. The molecule has 0 aromatic heterocycles. The molecule has 0 amide bonds. The molecular formula is C16H21FO4. The summed E-state index contributed by atoms with van der Waals surface area (Å²) in [6.07, 6.45) is 3.36. The Labute approximate surface area is 124 Å². The van der Waals surface area contributed by atoms with Crippen LogP contribution in [0.1, 0.15) is 31.2 Å². The van der Waals surface area contributed by atoms with Crippen LogP contribution < -0.4 is 4.74 Å². The lowest BCUT2D eigenvalue weighted by Gasteiger charge is -2.27. The summed E-state index contributed by atoms with van der Waals surface area (Å²) in [5.41, 5.74) is 0.781. The molecule has 0 N–H and O–H groups in total. The van der Waals surface area contributed by atoms with Crippen molar-refractivity contribution in [2.24, 2.45) is 5.92 Å². The maximum Gasteiger partial charge on any atom is 0.308 e. The highest BCUT2D eigenvalue weighted by molar-refractivity contribution is 5.72. The average molecular weight is 296 g/mol. The van der Waals surface area contributed by atoms with Gasteiger partial charge in [-0.3, -0.25) is 4.79 Å². The number of carbonyl (C=O) groups excluding carboxylic acids is 1. The third kappa shape index (κ3) is 4.17. The van der Waals surface area contributed by atoms with E-state index in [0.29, 0.717) is 6.61 Å². The number of hydrogen-bond acceptors (Lipinski definition) is 4. The van der Waals surface area contributed by atoms with Crippen LogP contribution in [0.15, 0.2) is 18.2 Å². The zero-order valence-corrected chi connectivity index (χ0v) is 12.4. The first kappa shape index (κ1) is 15.8. The second-order valence-electron chi connectivity index (χ2n) is 5.28. The molecule has 4 nitrogen and oxygen atoms in total. The molecule has 5 heteroatoms. The monoisotopic (exact) mass is 296 g/mol. The molecule has 0 bridgehead atoms. The fraction of sp³-hybridized carbons (Fsp3) is 0.562. The smallest absolute Gasteiger partial charge is 0.308 e. The lowest BCUT2D eigenvalue weighted by molar-refractivity contribution is -0.147. The minimum absolute atomic E-state index is 0.00622. The summed E-state index contributed by atoms with van der Waals surface area (Å²) >= 11 is 0. The van der Waals surface area contributed by atoms with Gasteiger partial charge in [-0.05, 0) is 43.4 Å². The van der Waals surface area contributed by atoms with Crippen LogP contribution in [-0.2, 0) is 20.9 Å². The van der Waals surface area contributed by atoms with Gasteiger partial charge in [-0.15, -0.1) is 0 Å². The highest BCUT2D eigenvalue weighted by Gasteiger charge is 2.27. The Bertz CT molecular complexity index is 481. The molecule has 0 atom stereocenters. The van der Waals surface area contributed by atoms with E-state index < -0.39 is 0 Å². The number of ether oxygens (including phenoxy) is 3. The second-order valence-corrected chi connectivity index (χ2v) is 5.28. The number of rotatable bonds is 5. The normalized spacial score (nSPS) is 21.9. The molecule has 0 unspecified atom stereocenters. The van der Waals surface area contributed by atoms with Crippen molar-refractivity contribution in [1.29, 1.82) is 0 Å². The molecule has 1 aliphatic carbocycles. The molecule has 1 aromatic carbocycles. The Balaban J connectivity index is 1.79. The largest absolute Gasteiger partial charge is 0.494 e. The molecule has 2 rings (SSSR count). The summed E-state index contributed by atoms with van der Waals surface area (Å²) in [6, 6.07) is 4.82. The Morgan fingerprint density at radius 3 is 2.52 bits per heavy atom. The third-order valence-electron chi connectivity index (χ3n) is 3.91. The van der Waals surface area contributed by atoms with Crippen LogP contribution in [0, 0.1) is 11.7 Å². The topological polar surface area (TPSA) is 44.8 Å². The van der Waals surface area contributed by atoms with Gasteiger partial charge in [-0.2, -0.15) is 0 Å². The van der Waals surface area contributed by atoms with E-state index in [2.05, 4.69) is 0 Å². The van der Waals surface area contributed by atoms with E-state index in [1.165, 1.54) is 20.3 Å². The molecule has 1 aromatic rings. The predicted octanol–water partition coefficient (Wildman–Crippen LogP) is 3.08. The summed E-state index contributed by atoms with van der Waals surface area (Å²) in [4.78, 5) is 11.4. The van der Waals surface area contributed by atoms with Gasteiger partial charge in [0, 0.05) is 0 Å². The first-order valence-corrected chi connectivity index (χ1v) is 7.16. The number of benzene rings is 1. The van der Waals surface area contributed by atoms with Gasteiger partial charge in [-0.1, -0.05) is 6.07 Å². The summed E-state index contributed by atoms with van der Waals surface area (Å²) in [5.74, 6) is -0.288. The van der Waals surface area contributed by atoms with E-state index in [0.717, 1.165) is 31.2 Å². The molecule has 0 radical (unpaired) electrons. The van der Waals surface area contributed by atoms with Crippen LogP contribution in [-0.4, -0.2) is 26.3 Å². The summed E-state index contributed by atoms with van der Waals surface area (Å²) in [7, 11) is 2.86. The molecule has 0 saturated heterocycles. The van der Waals surface area contributed by atoms with Gasteiger partial charge in [0.2, 0.25) is 0 Å². The second kappa shape index (κ2) is 7.41. The predicted molar refractivity (Wildman–Crippen MR) is 75.5 cm³/mol. The first-order chi connectivity index (χ1) is 10.1. The fourth-order valence-electron chi connectivity index (χ4n) is 2.65. The van der Waals surface area contributed by atoms with Crippen LogP contribution in [0.4, 0.5) is 4.39 Å². The van der Waals surface area contributed by atoms with E-state index in [9.17, 15) is 9.18 Å². The van der Waals surface area contributed by atoms with Crippen molar-refractivity contribution in [3.8, 4) is 5.75 Å². The van der Waals surface area contributed by atoms with Crippen molar-refractivity contribution in [3.05, 3.63) is 29.6 Å². The van der Waals surface area contributed by atoms with Crippen LogP contribution in [0.25, 0.3) is 0 Å². The molecule has 1 fully saturated rings. The standard InChI is InChI=1S/C16H21FO4/c1-19-15-8-3-11(9-14(15)17)10-21-13-6-4-12(5-7-13)16(18)20-2/h3,8-9,12-13H,4-7,10H2,1-2H3. The van der Waals surface area contributed by atoms with E-state index in [1.807, 2.05) is 0 Å². The Morgan fingerprint density at radius 1 is 1.24 bits per heavy atom. The molecular weight excluding hydrogens is 275 g/mol. The number of halogens is 1. The van der Waals surface area contributed by atoms with Crippen molar-refractivity contribution < 1.29 is 23.4 Å². The van der Waals surface area contributed by atoms with Crippen LogP contribution in [0.5, 0.6) is 5.75 Å². The number of carbonyl (C=O) groups is 1. The van der Waals surface area contributed by atoms with Crippen LogP contribution in [0.2, 0.25) is 0 Å². The zero-order chi connectivity index (χ0) is 15.2. The van der Waals surface area contributed by atoms with E-state index in [1.54, 1.807) is 12.1 Å². The molecule has 116 valence electrons. The van der Waals surface area contributed by atoms with Gasteiger partial charge < -0.3 is 14.2 Å². The molecule has 0 aliphatic heterocycles. The molecule has 0 spiro atoms. The van der Waals surface area contributed by atoms with Crippen molar-refractivity contribution in [2.45, 2.75) is 38.4 Å². The Morgan fingerprint density at radius 2 is 1.95 bits per heavy atom. The van der Waals surface area contributed by atoms with Gasteiger partial charge in [0.15, 0.2) is 11.6 Å². The van der Waals surface area contributed by atoms with Gasteiger partial charge in [0.05, 0.1) is 32.8 Å². The molecule has 1 saturated carbocycles. The van der Waals surface area contributed by atoms with Crippen LogP contribution >= 0.6 is 0 Å². The number of methoxy groups -OCH3 is 2. The first-order valence-electron chi connectivity index (χ1n) is 7.16. The maximum absolute atomic E-state index is 13.6. The van der Waals surface area contributed by atoms with Gasteiger partial charge in [0.25, 0.3) is 0 Å². The quantitative estimate of drug-likeness (QED) is 0.783. The van der Waals surface area contributed by atoms with E-state index in [-0.39, 0.29) is 29.6 Å². The van der Waals surface area contributed by atoms with E-state index in [4.69, 9.17) is 14.2 Å². The number of esters is 1. The Hall–Kier alpha value is -1.62. The van der Waals surface area contributed by atoms with Crippen molar-refractivity contribution >= 4 is 5.97 Å². The highest BCUT2D eigenvalue weighted by atomic mass is 19.1. The molecule has 21 heavy (non-hydrogen) atoms. The Kier molecular flexibility index (Phi) is 5.56. The minimum Gasteiger partial charge on any atom is -0.494 e. The average Bonchev–Trinajstić information content (AvgIpc) is 2.52. The minimum atomic E-state index is -0.381. The van der Waals surface area contributed by atoms with Crippen molar-refractivity contribution in [3.63, 3.8) is 0 Å². The SMILES string of the molecule is COC(=O)C1CCC(OCc2ccc(OC)c(F)c2)CC1. The van der Waals surface area contributed by atoms with Crippen molar-refractivity contribution in [2.75, 3.05) is 14.2 Å². The summed E-state index contributed by atoms with van der Waals surface area (Å²) in [5, 5.41) is 0. The molecule has 1 aliphatic rings. The molecule has 0 heterocycles. The lowest BCUT2D eigenvalue weighted by Crippen LogP contribution is -2.26. The summed E-state index contributed by atoms with van der Waals surface area (Å²) in [6.45, 7) is 0.370. The third-order valence-corrected chi connectivity index (χ3v) is 3.91.